The Hall–Kier alpha value is -1.24. The number of aromatic nitrogens is 2. The van der Waals surface area contributed by atoms with Crippen LogP contribution in [0.2, 0.25) is 0 Å². The SMILES string of the molecule is COc1cncc(-c2ccc(F)cc2I)n1. The highest BCUT2D eigenvalue weighted by atomic mass is 127. The molecule has 1 aromatic carbocycles. The van der Waals surface area contributed by atoms with Gasteiger partial charge in [0.05, 0.1) is 25.2 Å². The molecule has 0 aliphatic heterocycles. The summed E-state index contributed by atoms with van der Waals surface area (Å²) in [5, 5.41) is 0. The number of nitrogens with zero attached hydrogens (tertiary/aromatic N) is 2. The Morgan fingerprint density at radius 1 is 1.31 bits per heavy atom. The summed E-state index contributed by atoms with van der Waals surface area (Å²) in [6, 6.07) is 4.54. The largest absolute Gasteiger partial charge is 0.480 e. The molecule has 0 saturated heterocycles. The second-order valence-corrected chi connectivity index (χ2v) is 4.23. The maximum absolute atomic E-state index is 12.9. The average molecular weight is 330 g/mol. The van der Waals surface area contributed by atoms with Gasteiger partial charge in [-0.3, -0.25) is 4.98 Å². The molecule has 0 fully saturated rings. The van der Waals surface area contributed by atoms with Crippen molar-refractivity contribution < 1.29 is 9.13 Å². The molecule has 0 N–H and O–H groups in total. The molecule has 5 heteroatoms. The van der Waals surface area contributed by atoms with Crippen molar-refractivity contribution in [1.29, 1.82) is 0 Å². The molecule has 0 amide bonds. The second-order valence-electron chi connectivity index (χ2n) is 3.07. The predicted molar refractivity (Wildman–Crippen MR) is 66.7 cm³/mol. The molecular weight excluding hydrogens is 322 g/mol. The molecule has 1 aromatic heterocycles. The minimum Gasteiger partial charge on any atom is -0.480 e. The van der Waals surface area contributed by atoms with Gasteiger partial charge in [-0.15, -0.1) is 0 Å². The number of benzene rings is 1. The smallest absolute Gasteiger partial charge is 0.232 e. The Bertz CT molecular complexity index is 519. The van der Waals surface area contributed by atoms with Gasteiger partial charge >= 0.3 is 0 Å². The van der Waals surface area contributed by atoms with Crippen LogP contribution in [0, 0.1) is 9.39 Å². The van der Waals surface area contributed by atoms with Crippen LogP contribution in [-0.2, 0) is 0 Å². The predicted octanol–water partition coefficient (Wildman–Crippen LogP) is 2.90. The molecule has 0 unspecified atom stereocenters. The molecule has 0 aliphatic rings. The van der Waals surface area contributed by atoms with Gasteiger partial charge in [0, 0.05) is 9.13 Å². The van der Waals surface area contributed by atoms with Gasteiger partial charge < -0.3 is 4.74 Å². The van der Waals surface area contributed by atoms with Crippen molar-refractivity contribution in [2.24, 2.45) is 0 Å². The maximum atomic E-state index is 12.9. The van der Waals surface area contributed by atoms with E-state index >= 15 is 0 Å². The number of methoxy groups -OCH3 is 1. The van der Waals surface area contributed by atoms with E-state index in [0.29, 0.717) is 11.6 Å². The number of halogens is 2. The summed E-state index contributed by atoms with van der Waals surface area (Å²) in [4.78, 5) is 8.25. The summed E-state index contributed by atoms with van der Waals surface area (Å²) < 4.78 is 18.7. The highest BCUT2D eigenvalue weighted by Crippen LogP contribution is 2.24. The molecule has 0 spiro atoms. The zero-order valence-electron chi connectivity index (χ0n) is 8.45. The summed E-state index contributed by atoms with van der Waals surface area (Å²) >= 11 is 2.06. The third-order valence-corrected chi connectivity index (χ3v) is 2.92. The van der Waals surface area contributed by atoms with Crippen molar-refractivity contribution in [3.8, 4) is 17.1 Å². The fourth-order valence-corrected chi connectivity index (χ4v) is 2.03. The van der Waals surface area contributed by atoms with E-state index in [4.69, 9.17) is 4.74 Å². The lowest BCUT2D eigenvalue weighted by atomic mass is 10.1. The monoisotopic (exact) mass is 330 g/mol. The summed E-state index contributed by atoms with van der Waals surface area (Å²) in [5.41, 5.74) is 1.51. The van der Waals surface area contributed by atoms with Gasteiger partial charge in [-0.25, -0.2) is 9.37 Å². The quantitative estimate of drug-likeness (QED) is 0.795. The van der Waals surface area contributed by atoms with E-state index < -0.39 is 0 Å². The lowest BCUT2D eigenvalue weighted by Gasteiger charge is -2.05. The Balaban J connectivity index is 2.49. The fourth-order valence-electron chi connectivity index (χ4n) is 1.27. The molecule has 0 radical (unpaired) electrons. The van der Waals surface area contributed by atoms with Crippen LogP contribution in [0.4, 0.5) is 4.39 Å². The lowest BCUT2D eigenvalue weighted by molar-refractivity contribution is 0.396. The zero-order valence-corrected chi connectivity index (χ0v) is 10.6. The van der Waals surface area contributed by atoms with E-state index in [1.807, 2.05) is 0 Å². The van der Waals surface area contributed by atoms with Gasteiger partial charge in [0.2, 0.25) is 5.88 Å². The number of hydrogen-bond donors (Lipinski definition) is 0. The van der Waals surface area contributed by atoms with Gasteiger partial charge in [-0.05, 0) is 40.8 Å². The highest BCUT2D eigenvalue weighted by Gasteiger charge is 2.07. The first kappa shape index (κ1) is 11.3. The van der Waals surface area contributed by atoms with E-state index in [2.05, 4.69) is 32.6 Å². The third-order valence-electron chi connectivity index (χ3n) is 2.03. The molecule has 1 heterocycles. The summed E-state index contributed by atoms with van der Waals surface area (Å²) in [7, 11) is 1.53. The molecule has 16 heavy (non-hydrogen) atoms. The van der Waals surface area contributed by atoms with Crippen molar-refractivity contribution >= 4 is 22.6 Å². The van der Waals surface area contributed by atoms with Crippen LogP contribution in [0.25, 0.3) is 11.3 Å². The first-order chi connectivity index (χ1) is 7.70. The lowest BCUT2D eigenvalue weighted by Crippen LogP contribution is -1.93. The first-order valence-electron chi connectivity index (χ1n) is 4.52. The summed E-state index contributed by atoms with van der Waals surface area (Å²) in [6.07, 6.45) is 3.15. The van der Waals surface area contributed by atoms with Crippen LogP contribution < -0.4 is 4.74 Å². The number of ether oxygens (including phenoxy) is 1. The Morgan fingerprint density at radius 3 is 2.81 bits per heavy atom. The molecular formula is C11H8FIN2O. The molecule has 0 aliphatic carbocycles. The van der Waals surface area contributed by atoms with Crippen LogP contribution in [0.1, 0.15) is 0 Å². The van der Waals surface area contributed by atoms with Crippen LogP contribution in [-0.4, -0.2) is 17.1 Å². The minimum absolute atomic E-state index is 0.260. The Morgan fingerprint density at radius 2 is 2.12 bits per heavy atom. The topological polar surface area (TPSA) is 35.0 Å². The molecule has 2 aromatic rings. The van der Waals surface area contributed by atoms with Crippen LogP contribution in [0.15, 0.2) is 30.6 Å². The Kier molecular flexibility index (Phi) is 3.33. The molecule has 0 bridgehead atoms. The van der Waals surface area contributed by atoms with Gasteiger partial charge in [0.25, 0.3) is 0 Å². The van der Waals surface area contributed by atoms with Crippen molar-refractivity contribution in [2.45, 2.75) is 0 Å². The highest BCUT2D eigenvalue weighted by molar-refractivity contribution is 14.1. The zero-order chi connectivity index (χ0) is 11.5. The van der Waals surface area contributed by atoms with Crippen molar-refractivity contribution in [3.63, 3.8) is 0 Å². The maximum Gasteiger partial charge on any atom is 0.232 e. The fraction of sp³-hybridized carbons (Fsp3) is 0.0909. The standard InChI is InChI=1S/C11H8FIN2O/c1-16-11-6-14-5-10(15-11)8-3-2-7(12)4-9(8)13/h2-6H,1H3. The van der Waals surface area contributed by atoms with E-state index in [-0.39, 0.29) is 5.82 Å². The number of rotatable bonds is 2. The minimum atomic E-state index is -0.260. The van der Waals surface area contributed by atoms with Crippen molar-refractivity contribution in [3.05, 3.63) is 40.0 Å². The van der Waals surface area contributed by atoms with Gasteiger partial charge in [-0.2, -0.15) is 0 Å². The van der Waals surface area contributed by atoms with E-state index in [0.717, 1.165) is 9.13 Å². The van der Waals surface area contributed by atoms with Gasteiger partial charge in [0.15, 0.2) is 0 Å². The van der Waals surface area contributed by atoms with Crippen molar-refractivity contribution in [2.75, 3.05) is 7.11 Å². The molecule has 0 atom stereocenters. The van der Waals surface area contributed by atoms with Crippen LogP contribution in [0.5, 0.6) is 5.88 Å². The third kappa shape index (κ3) is 2.29. The van der Waals surface area contributed by atoms with Gasteiger partial charge in [-0.1, -0.05) is 0 Å². The van der Waals surface area contributed by atoms with Crippen molar-refractivity contribution in [1.82, 2.24) is 9.97 Å². The number of hydrogen-bond acceptors (Lipinski definition) is 3. The van der Waals surface area contributed by atoms with Gasteiger partial charge in [0.1, 0.15) is 5.82 Å². The molecule has 3 nitrogen and oxygen atoms in total. The van der Waals surface area contributed by atoms with E-state index in [1.54, 1.807) is 12.3 Å². The molecule has 0 saturated carbocycles. The summed E-state index contributed by atoms with van der Waals surface area (Å²) in [5.74, 6) is 0.182. The van der Waals surface area contributed by atoms with E-state index in [1.165, 1.54) is 25.4 Å². The Labute approximate surface area is 106 Å². The molecule has 82 valence electrons. The average Bonchev–Trinajstić information content (AvgIpc) is 2.29. The normalized spacial score (nSPS) is 10.2. The first-order valence-corrected chi connectivity index (χ1v) is 5.60. The van der Waals surface area contributed by atoms with Crippen LogP contribution >= 0.6 is 22.6 Å². The molecule has 2 rings (SSSR count). The second kappa shape index (κ2) is 4.73. The summed E-state index contributed by atoms with van der Waals surface area (Å²) in [6.45, 7) is 0. The van der Waals surface area contributed by atoms with E-state index in [9.17, 15) is 4.39 Å². The van der Waals surface area contributed by atoms with Crippen LogP contribution in [0.3, 0.4) is 0 Å².